The van der Waals surface area contributed by atoms with Crippen molar-refractivity contribution in [1.29, 1.82) is 0 Å². The summed E-state index contributed by atoms with van der Waals surface area (Å²) in [5, 5.41) is 2.64. The van der Waals surface area contributed by atoms with E-state index < -0.39 is 11.7 Å². The number of hydrogen-bond acceptors (Lipinski definition) is 5. The number of benzene rings is 1. The molecule has 0 spiro atoms. The van der Waals surface area contributed by atoms with Gasteiger partial charge in [0.25, 0.3) is 5.91 Å². The molecule has 0 aliphatic heterocycles. The van der Waals surface area contributed by atoms with Gasteiger partial charge in [-0.25, -0.2) is 4.79 Å². The second-order valence-electron chi connectivity index (χ2n) is 6.48. The number of nitrogens with one attached hydrogen (secondary N) is 1. The lowest BCUT2D eigenvalue weighted by Gasteiger charge is -2.22. The predicted molar refractivity (Wildman–Crippen MR) is 96.0 cm³/mol. The van der Waals surface area contributed by atoms with Crippen LogP contribution in [-0.2, 0) is 14.2 Å². The average Bonchev–Trinajstić information content (AvgIpc) is 2.53. The Balaban J connectivity index is 2.72. The second-order valence-corrected chi connectivity index (χ2v) is 6.48. The van der Waals surface area contributed by atoms with Crippen molar-refractivity contribution in [1.82, 2.24) is 4.90 Å². The summed E-state index contributed by atoms with van der Waals surface area (Å²) >= 11 is 0. The van der Waals surface area contributed by atoms with Crippen LogP contribution in [0.3, 0.4) is 0 Å². The first-order valence-corrected chi connectivity index (χ1v) is 8.14. The number of ether oxygens (including phenoxy) is 3. The second kappa shape index (κ2) is 10.0. The summed E-state index contributed by atoms with van der Waals surface area (Å²) in [5.74, 6) is -0.113. The summed E-state index contributed by atoms with van der Waals surface area (Å²) in [6, 6.07) is 6.67. The summed E-state index contributed by atoms with van der Waals surface area (Å²) in [5.41, 5.74) is 0.525. The molecule has 0 aromatic heterocycles. The molecule has 1 N–H and O–H groups in total. The molecule has 7 heteroatoms. The Morgan fingerprint density at radius 2 is 1.52 bits per heavy atom. The lowest BCUT2D eigenvalue weighted by atomic mass is 10.1. The summed E-state index contributed by atoms with van der Waals surface area (Å²) in [6.07, 6.45) is -0.534. The minimum absolute atomic E-state index is 0.113. The molecule has 1 aromatic carbocycles. The Morgan fingerprint density at radius 1 is 1.00 bits per heavy atom. The van der Waals surface area contributed by atoms with Crippen molar-refractivity contribution >= 4 is 17.7 Å². The molecule has 25 heavy (non-hydrogen) atoms. The molecule has 0 heterocycles. The summed E-state index contributed by atoms with van der Waals surface area (Å²) < 4.78 is 15.3. The van der Waals surface area contributed by atoms with E-state index in [4.69, 9.17) is 14.2 Å². The number of amides is 2. The van der Waals surface area contributed by atoms with E-state index in [9.17, 15) is 9.59 Å². The monoisotopic (exact) mass is 352 g/mol. The fourth-order valence-electron chi connectivity index (χ4n) is 2.02. The molecule has 0 atom stereocenters. The van der Waals surface area contributed by atoms with Gasteiger partial charge in [0.2, 0.25) is 0 Å². The van der Waals surface area contributed by atoms with Crippen LogP contribution >= 0.6 is 0 Å². The van der Waals surface area contributed by atoms with E-state index in [1.54, 1.807) is 64.2 Å². The summed E-state index contributed by atoms with van der Waals surface area (Å²) in [4.78, 5) is 26.0. The number of carbonyl (C=O) groups is 2. The van der Waals surface area contributed by atoms with Crippen LogP contribution in [0.4, 0.5) is 10.5 Å². The highest BCUT2D eigenvalue weighted by Gasteiger charge is 2.17. The molecule has 0 radical (unpaired) electrons. The van der Waals surface area contributed by atoms with Gasteiger partial charge in [-0.1, -0.05) is 0 Å². The highest BCUT2D eigenvalue weighted by Crippen LogP contribution is 2.14. The number of carbonyl (C=O) groups excluding carboxylic acids is 2. The number of hydrogen-bond donors (Lipinski definition) is 1. The van der Waals surface area contributed by atoms with E-state index >= 15 is 0 Å². The van der Waals surface area contributed by atoms with Gasteiger partial charge >= 0.3 is 6.09 Å². The quantitative estimate of drug-likeness (QED) is 0.778. The number of anilines is 1. The van der Waals surface area contributed by atoms with Crippen molar-refractivity contribution in [3.05, 3.63) is 29.8 Å². The van der Waals surface area contributed by atoms with Crippen molar-refractivity contribution in [2.75, 3.05) is 45.8 Å². The van der Waals surface area contributed by atoms with Crippen LogP contribution in [0.15, 0.2) is 24.3 Å². The average molecular weight is 352 g/mol. The fourth-order valence-corrected chi connectivity index (χ4v) is 2.02. The molecule has 1 rings (SSSR count). The maximum absolute atomic E-state index is 12.6. The molecule has 0 unspecified atom stereocenters. The van der Waals surface area contributed by atoms with Gasteiger partial charge in [0.15, 0.2) is 0 Å². The van der Waals surface area contributed by atoms with Crippen molar-refractivity contribution in [2.45, 2.75) is 26.4 Å². The summed E-state index contributed by atoms with van der Waals surface area (Å²) in [6.45, 7) is 7.25. The number of methoxy groups -OCH3 is 2. The topological polar surface area (TPSA) is 77.1 Å². The highest BCUT2D eigenvalue weighted by molar-refractivity contribution is 5.95. The van der Waals surface area contributed by atoms with Gasteiger partial charge in [-0.15, -0.1) is 0 Å². The number of nitrogens with zero attached hydrogens (tertiary/aromatic N) is 1. The molecule has 2 amide bonds. The van der Waals surface area contributed by atoms with Gasteiger partial charge in [-0.05, 0) is 45.0 Å². The largest absolute Gasteiger partial charge is 0.444 e. The van der Waals surface area contributed by atoms with E-state index in [1.807, 2.05) is 0 Å². The Morgan fingerprint density at radius 3 is 1.96 bits per heavy atom. The lowest BCUT2D eigenvalue weighted by molar-refractivity contribution is 0.0624. The molecule has 0 aliphatic carbocycles. The van der Waals surface area contributed by atoms with E-state index in [-0.39, 0.29) is 5.91 Å². The first-order valence-electron chi connectivity index (χ1n) is 8.14. The molecule has 0 saturated carbocycles. The normalized spacial score (nSPS) is 11.1. The van der Waals surface area contributed by atoms with E-state index in [0.29, 0.717) is 37.6 Å². The van der Waals surface area contributed by atoms with Crippen LogP contribution in [0.1, 0.15) is 31.1 Å². The Bertz CT molecular complexity index is 544. The number of rotatable bonds is 8. The molecular formula is C18H28N2O5. The molecule has 0 saturated heterocycles. The Hall–Kier alpha value is -2.12. The third-order valence-electron chi connectivity index (χ3n) is 3.20. The zero-order chi connectivity index (χ0) is 18.9. The van der Waals surface area contributed by atoms with Gasteiger partial charge in [-0.3, -0.25) is 10.1 Å². The minimum atomic E-state index is -0.566. The zero-order valence-corrected chi connectivity index (χ0v) is 15.6. The third-order valence-corrected chi connectivity index (χ3v) is 3.20. The first-order chi connectivity index (χ1) is 11.8. The fraction of sp³-hybridized carbons (Fsp3) is 0.556. The standard InChI is InChI=1S/C18H28N2O5/c1-18(2,3)25-17(22)19-15-8-6-14(7-9-15)16(21)20(10-12-23-4)11-13-24-5/h6-9H,10-13H2,1-5H3,(H,19,22). The SMILES string of the molecule is COCCN(CCOC)C(=O)c1ccc(NC(=O)OC(C)(C)C)cc1. The van der Waals surface area contributed by atoms with Crippen LogP contribution < -0.4 is 5.32 Å². The van der Waals surface area contributed by atoms with Crippen LogP contribution in [0.5, 0.6) is 0 Å². The van der Waals surface area contributed by atoms with Crippen molar-refractivity contribution in [2.24, 2.45) is 0 Å². The molecule has 7 nitrogen and oxygen atoms in total. The molecule has 0 aliphatic rings. The smallest absolute Gasteiger partial charge is 0.412 e. The highest BCUT2D eigenvalue weighted by atomic mass is 16.6. The molecule has 1 aromatic rings. The molecule has 0 bridgehead atoms. The van der Waals surface area contributed by atoms with E-state index in [2.05, 4.69) is 5.32 Å². The van der Waals surface area contributed by atoms with Gasteiger partial charge < -0.3 is 19.1 Å². The van der Waals surface area contributed by atoms with Crippen molar-refractivity contribution in [3.63, 3.8) is 0 Å². The molecule has 140 valence electrons. The Kier molecular flexibility index (Phi) is 8.37. The summed E-state index contributed by atoms with van der Waals surface area (Å²) in [7, 11) is 3.19. The van der Waals surface area contributed by atoms with Gasteiger partial charge in [0, 0.05) is 38.6 Å². The maximum Gasteiger partial charge on any atom is 0.412 e. The van der Waals surface area contributed by atoms with Crippen LogP contribution in [0, 0.1) is 0 Å². The van der Waals surface area contributed by atoms with Gasteiger partial charge in [0.1, 0.15) is 5.60 Å². The van der Waals surface area contributed by atoms with Crippen LogP contribution in [-0.4, -0.2) is 63.0 Å². The molecular weight excluding hydrogens is 324 g/mol. The Labute approximate surface area is 149 Å². The lowest BCUT2D eigenvalue weighted by Crippen LogP contribution is -2.36. The van der Waals surface area contributed by atoms with E-state index in [1.165, 1.54) is 0 Å². The predicted octanol–water partition coefficient (Wildman–Crippen LogP) is 2.77. The third kappa shape index (κ3) is 8.00. The van der Waals surface area contributed by atoms with Crippen LogP contribution in [0.25, 0.3) is 0 Å². The van der Waals surface area contributed by atoms with Crippen LogP contribution in [0.2, 0.25) is 0 Å². The zero-order valence-electron chi connectivity index (χ0n) is 15.6. The van der Waals surface area contributed by atoms with Crippen molar-refractivity contribution in [3.8, 4) is 0 Å². The first kappa shape index (κ1) is 20.9. The van der Waals surface area contributed by atoms with Crippen molar-refractivity contribution < 1.29 is 23.8 Å². The molecule has 0 fully saturated rings. The van der Waals surface area contributed by atoms with Gasteiger partial charge in [-0.2, -0.15) is 0 Å². The van der Waals surface area contributed by atoms with E-state index in [0.717, 1.165) is 0 Å². The van der Waals surface area contributed by atoms with Gasteiger partial charge in [0.05, 0.1) is 13.2 Å². The maximum atomic E-state index is 12.6. The minimum Gasteiger partial charge on any atom is -0.444 e.